The van der Waals surface area contributed by atoms with Crippen LogP contribution in [0.5, 0.6) is 0 Å². The van der Waals surface area contributed by atoms with E-state index >= 15 is 0 Å². The van der Waals surface area contributed by atoms with E-state index in [1.807, 2.05) is 25.1 Å². The maximum absolute atomic E-state index is 13.8. The second kappa shape index (κ2) is 6.22. The van der Waals surface area contributed by atoms with Crippen molar-refractivity contribution in [1.29, 1.82) is 0 Å². The first-order chi connectivity index (χ1) is 9.99. The molecule has 2 aromatic carbocycles. The molecule has 0 amide bonds. The normalized spacial score (nSPS) is 10.8. The molecule has 0 aliphatic rings. The lowest BCUT2D eigenvalue weighted by molar-refractivity contribution is -0.131. The topological polar surface area (TPSA) is 40.5 Å². The van der Waals surface area contributed by atoms with Crippen LogP contribution in [0.4, 0.5) is 15.8 Å². The van der Waals surface area contributed by atoms with Gasteiger partial charge in [0.1, 0.15) is 5.82 Å². The molecule has 0 heterocycles. The van der Waals surface area contributed by atoms with Gasteiger partial charge in [-0.1, -0.05) is 18.2 Å². The number of para-hydroxylation sites is 1. The summed E-state index contributed by atoms with van der Waals surface area (Å²) in [6, 6.07) is 12.1. The fourth-order valence-corrected chi connectivity index (χ4v) is 2.08. The molecule has 0 atom stereocenters. The van der Waals surface area contributed by atoms with Crippen LogP contribution in [0.25, 0.3) is 6.08 Å². The van der Waals surface area contributed by atoms with Crippen molar-refractivity contribution in [2.45, 2.75) is 6.92 Å². The van der Waals surface area contributed by atoms with Crippen LogP contribution >= 0.6 is 0 Å². The van der Waals surface area contributed by atoms with Gasteiger partial charge in [0.05, 0.1) is 5.69 Å². The number of aliphatic carboxylic acids is 1. The van der Waals surface area contributed by atoms with Gasteiger partial charge in [-0.3, -0.25) is 0 Å². The van der Waals surface area contributed by atoms with E-state index in [2.05, 4.69) is 0 Å². The molecule has 0 radical (unpaired) electrons. The molecule has 0 fully saturated rings. The van der Waals surface area contributed by atoms with Gasteiger partial charge in [0, 0.05) is 18.8 Å². The Bertz CT molecular complexity index is 695. The molecule has 0 aromatic heterocycles. The molecule has 108 valence electrons. The number of benzene rings is 2. The molecule has 2 rings (SSSR count). The summed E-state index contributed by atoms with van der Waals surface area (Å²) in [6.07, 6.45) is 2.65. The Labute approximate surface area is 123 Å². The standard InChI is InChI=1S/C17H16FNO2/c1-12-11-14(9-7-13(12)8-10-17(20)21)19(2)16-6-4-3-5-15(16)18/h3-11H,1-2H3,(H,20,21). The van der Waals surface area contributed by atoms with E-state index in [0.717, 1.165) is 22.9 Å². The van der Waals surface area contributed by atoms with E-state index in [1.165, 1.54) is 6.07 Å². The number of rotatable bonds is 4. The number of aryl methyl sites for hydroxylation is 1. The van der Waals surface area contributed by atoms with Gasteiger partial charge in [-0.25, -0.2) is 9.18 Å². The molecule has 0 saturated heterocycles. The summed E-state index contributed by atoms with van der Waals surface area (Å²) in [5, 5.41) is 8.65. The number of halogens is 1. The van der Waals surface area contributed by atoms with Crippen molar-refractivity contribution in [3.8, 4) is 0 Å². The smallest absolute Gasteiger partial charge is 0.328 e. The fourth-order valence-electron chi connectivity index (χ4n) is 2.08. The van der Waals surface area contributed by atoms with Crippen molar-refractivity contribution in [1.82, 2.24) is 0 Å². The number of nitrogens with zero attached hydrogens (tertiary/aromatic N) is 1. The first-order valence-corrected chi connectivity index (χ1v) is 6.49. The lowest BCUT2D eigenvalue weighted by Crippen LogP contribution is -2.11. The third kappa shape index (κ3) is 3.48. The summed E-state index contributed by atoms with van der Waals surface area (Å²) in [4.78, 5) is 12.3. The molecule has 0 aliphatic carbocycles. The number of carbonyl (C=O) groups is 1. The van der Waals surface area contributed by atoms with Gasteiger partial charge in [-0.15, -0.1) is 0 Å². The van der Waals surface area contributed by atoms with Gasteiger partial charge in [0.2, 0.25) is 0 Å². The molecule has 21 heavy (non-hydrogen) atoms. The molecule has 3 nitrogen and oxygen atoms in total. The highest BCUT2D eigenvalue weighted by Gasteiger charge is 2.09. The van der Waals surface area contributed by atoms with Gasteiger partial charge < -0.3 is 10.0 Å². The zero-order valence-corrected chi connectivity index (χ0v) is 11.9. The Morgan fingerprint density at radius 3 is 2.57 bits per heavy atom. The molecule has 0 saturated carbocycles. The Kier molecular flexibility index (Phi) is 4.38. The van der Waals surface area contributed by atoms with Gasteiger partial charge in [0.15, 0.2) is 0 Å². The predicted octanol–water partition coefficient (Wildman–Crippen LogP) is 4.00. The van der Waals surface area contributed by atoms with Crippen LogP contribution < -0.4 is 4.90 Å². The summed E-state index contributed by atoms with van der Waals surface area (Å²) in [6.45, 7) is 1.89. The maximum Gasteiger partial charge on any atom is 0.328 e. The minimum absolute atomic E-state index is 0.285. The van der Waals surface area contributed by atoms with Crippen LogP contribution in [0.2, 0.25) is 0 Å². The minimum Gasteiger partial charge on any atom is -0.478 e. The third-order valence-electron chi connectivity index (χ3n) is 3.26. The van der Waals surface area contributed by atoms with Crippen LogP contribution in [0.3, 0.4) is 0 Å². The predicted molar refractivity (Wildman–Crippen MR) is 82.3 cm³/mol. The van der Waals surface area contributed by atoms with Crippen molar-refractivity contribution in [3.05, 3.63) is 65.5 Å². The van der Waals surface area contributed by atoms with Crippen molar-refractivity contribution < 1.29 is 14.3 Å². The summed E-state index contributed by atoms with van der Waals surface area (Å²) in [5.41, 5.74) is 3.08. The molecule has 4 heteroatoms. The quantitative estimate of drug-likeness (QED) is 0.863. The largest absolute Gasteiger partial charge is 0.478 e. The van der Waals surface area contributed by atoms with Crippen molar-refractivity contribution in [2.24, 2.45) is 0 Å². The van der Waals surface area contributed by atoms with Crippen molar-refractivity contribution >= 4 is 23.4 Å². The highest BCUT2D eigenvalue weighted by molar-refractivity contribution is 5.85. The fraction of sp³-hybridized carbons (Fsp3) is 0.118. The van der Waals surface area contributed by atoms with Crippen molar-refractivity contribution in [3.63, 3.8) is 0 Å². The molecule has 0 spiro atoms. The second-order valence-electron chi connectivity index (χ2n) is 4.72. The molecular formula is C17H16FNO2. The monoisotopic (exact) mass is 285 g/mol. The molecule has 0 unspecified atom stereocenters. The van der Waals surface area contributed by atoms with Gasteiger partial charge in [0.25, 0.3) is 0 Å². The summed E-state index contributed by atoms with van der Waals surface area (Å²) in [7, 11) is 1.79. The van der Waals surface area contributed by atoms with Gasteiger partial charge in [-0.05, 0) is 48.4 Å². The molecule has 1 N–H and O–H groups in total. The van der Waals surface area contributed by atoms with Crippen LogP contribution in [-0.4, -0.2) is 18.1 Å². The van der Waals surface area contributed by atoms with Crippen molar-refractivity contribution in [2.75, 3.05) is 11.9 Å². The lowest BCUT2D eigenvalue weighted by atomic mass is 10.1. The Morgan fingerprint density at radius 1 is 1.24 bits per heavy atom. The summed E-state index contributed by atoms with van der Waals surface area (Å²) < 4.78 is 13.8. The number of hydrogen-bond acceptors (Lipinski definition) is 2. The van der Waals surface area contributed by atoms with Crippen LogP contribution in [0.15, 0.2) is 48.5 Å². The number of hydrogen-bond donors (Lipinski definition) is 1. The summed E-state index contributed by atoms with van der Waals surface area (Å²) >= 11 is 0. The van der Waals surface area contributed by atoms with Crippen LogP contribution in [0.1, 0.15) is 11.1 Å². The zero-order chi connectivity index (χ0) is 15.4. The average Bonchev–Trinajstić information content (AvgIpc) is 2.45. The number of carboxylic acid groups (broad SMARTS) is 1. The van der Waals surface area contributed by atoms with E-state index in [0.29, 0.717) is 5.69 Å². The maximum atomic E-state index is 13.8. The SMILES string of the molecule is Cc1cc(N(C)c2ccccc2F)ccc1C=CC(=O)O. The lowest BCUT2D eigenvalue weighted by Gasteiger charge is -2.21. The van der Waals surface area contributed by atoms with E-state index < -0.39 is 5.97 Å². The van der Waals surface area contributed by atoms with E-state index in [4.69, 9.17) is 5.11 Å². The Morgan fingerprint density at radius 2 is 1.95 bits per heavy atom. The van der Waals surface area contributed by atoms with Crippen LogP contribution in [0, 0.1) is 12.7 Å². The Balaban J connectivity index is 2.32. The van der Waals surface area contributed by atoms with Gasteiger partial charge in [-0.2, -0.15) is 0 Å². The molecule has 0 bridgehead atoms. The first kappa shape index (κ1) is 14.8. The van der Waals surface area contributed by atoms with E-state index in [1.54, 1.807) is 36.2 Å². The molecule has 2 aromatic rings. The van der Waals surface area contributed by atoms with E-state index in [9.17, 15) is 9.18 Å². The third-order valence-corrected chi connectivity index (χ3v) is 3.26. The highest BCUT2D eigenvalue weighted by atomic mass is 19.1. The average molecular weight is 285 g/mol. The molecular weight excluding hydrogens is 269 g/mol. The number of carboxylic acids is 1. The number of anilines is 2. The van der Waals surface area contributed by atoms with E-state index in [-0.39, 0.29) is 5.82 Å². The Hall–Kier alpha value is -2.62. The van der Waals surface area contributed by atoms with Crippen LogP contribution in [-0.2, 0) is 4.79 Å². The first-order valence-electron chi connectivity index (χ1n) is 6.49. The minimum atomic E-state index is -0.984. The summed E-state index contributed by atoms with van der Waals surface area (Å²) in [5.74, 6) is -1.27. The van der Waals surface area contributed by atoms with Gasteiger partial charge >= 0.3 is 5.97 Å². The highest BCUT2D eigenvalue weighted by Crippen LogP contribution is 2.27. The zero-order valence-electron chi connectivity index (χ0n) is 11.9. The molecule has 0 aliphatic heterocycles. The second-order valence-corrected chi connectivity index (χ2v) is 4.72.